The van der Waals surface area contributed by atoms with E-state index in [1.165, 1.54) is 20.0 Å². The molecule has 0 aromatic heterocycles. The van der Waals surface area contributed by atoms with Crippen LogP contribution in [0.15, 0.2) is 0 Å². The Balaban J connectivity index is 1.74. The van der Waals surface area contributed by atoms with Crippen LogP contribution in [0.3, 0.4) is 0 Å². The highest BCUT2D eigenvalue weighted by Crippen LogP contribution is 2.71. The summed E-state index contributed by atoms with van der Waals surface area (Å²) in [6.45, 7) is 6.67. The van der Waals surface area contributed by atoms with Gasteiger partial charge in [-0.15, -0.1) is 0 Å². The van der Waals surface area contributed by atoms with Gasteiger partial charge < -0.3 is 9.47 Å². The molecule has 0 amide bonds. The van der Waals surface area contributed by atoms with Crippen molar-refractivity contribution in [3.8, 4) is 0 Å². The van der Waals surface area contributed by atoms with Crippen LogP contribution in [-0.2, 0) is 14.3 Å². The molecule has 5 atom stereocenters. The lowest BCUT2D eigenvalue weighted by Gasteiger charge is -2.58. The van der Waals surface area contributed by atoms with Crippen molar-refractivity contribution in [1.29, 1.82) is 0 Å². The molecule has 1 aliphatic heterocycles. The summed E-state index contributed by atoms with van der Waals surface area (Å²) < 4.78 is 10.8. The minimum atomic E-state index is -0.104. The predicted octanol–water partition coefficient (Wildman–Crippen LogP) is 2.39. The number of esters is 1. The molecule has 3 nitrogen and oxygen atoms in total. The van der Waals surface area contributed by atoms with Crippen molar-refractivity contribution in [3.63, 3.8) is 0 Å². The lowest BCUT2D eigenvalue weighted by molar-refractivity contribution is -0.147. The number of rotatable bonds is 3. The van der Waals surface area contributed by atoms with E-state index in [0.29, 0.717) is 17.4 Å². The van der Waals surface area contributed by atoms with Crippen molar-refractivity contribution in [2.75, 3.05) is 7.11 Å². The van der Waals surface area contributed by atoms with Crippen LogP contribution in [0, 0.1) is 23.2 Å². The standard InChI is InChI=1S/C14H22O3/c1-8(12(15)16-4)7-14-10-5-9(13(10,2)3)6-11(14)17-14/h8-11H,5-7H2,1-4H3/t8-,9+,10+,11-,14+/m0/s1. The maximum atomic E-state index is 11.5. The minimum Gasteiger partial charge on any atom is -0.469 e. The van der Waals surface area contributed by atoms with Gasteiger partial charge in [-0.25, -0.2) is 0 Å². The molecule has 3 heteroatoms. The topological polar surface area (TPSA) is 38.8 Å². The SMILES string of the molecule is COC(=O)[C@@H](C)C[C@]12O[C@H]1C[C@H]1C[C@@H]2C1(C)C. The summed E-state index contributed by atoms with van der Waals surface area (Å²) in [5.41, 5.74) is 0.411. The summed E-state index contributed by atoms with van der Waals surface area (Å²) in [6, 6.07) is 0. The fourth-order valence-corrected chi connectivity index (χ4v) is 4.37. The van der Waals surface area contributed by atoms with E-state index in [9.17, 15) is 4.79 Å². The molecule has 96 valence electrons. The third-order valence-corrected chi connectivity index (χ3v) is 5.64. The Hall–Kier alpha value is -0.570. The summed E-state index contributed by atoms with van der Waals surface area (Å²) >= 11 is 0. The lowest BCUT2D eigenvalue weighted by atomic mass is 9.45. The molecule has 1 saturated heterocycles. The van der Waals surface area contributed by atoms with E-state index in [1.807, 2.05) is 6.92 Å². The summed E-state index contributed by atoms with van der Waals surface area (Å²) in [4.78, 5) is 11.5. The van der Waals surface area contributed by atoms with Crippen molar-refractivity contribution in [3.05, 3.63) is 0 Å². The highest BCUT2D eigenvalue weighted by Gasteiger charge is 2.74. The molecular weight excluding hydrogens is 216 g/mol. The zero-order valence-corrected chi connectivity index (χ0v) is 11.2. The van der Waals surface area contributed by atoms with E-state index < -0.39 is 0 Å². The fraction of sp³-hybridized carbons (Fsp3) is 0.929. The third-order valence-electron chi connectivity index (χ3n) is 5.64. The molecule has 3 saturated carbocycles. The van der Waals surface area contributed by atoms with E-state index >= 15 is 0 Å². The van der Waals surface area contributed by atoms with Crippen LogP contribution in [0.25, 0.3) is 0 Å². The van der Waals surface area contributed by atoms with E-state index in [0.717, 1.165) is 12.3 Å². The second kappa shape index (κ2) is 3.25. The number of hydrogen-bond donors (Lipinski definition) is 0. The summed E-state index contributed by atoms with van der Waals surface area (Å²) in [5.74, 6) is 1.33. The Labute approximate surface area is 103 Å². The number of methoxy groups -OCH3 is 1. The smallest absolute Gasteiger partial charge is 0.308 e. The Morgan fingerprint density at radius 2 is 2.18 bits per heavy atom. The van der Waals surface area contributed by atoms with Crippen LogP contribution >= 0.6 is 0 Å². The van der Waals surface area contributed by atoms with Crippen molar-refractivity contribution in [2.24, 2.45) is 23.2 Å². The van der Waals surface area contributed by atoms with Crippen LogP contribution < -0.4 is 0 Å². The highest BCUT2D eigenvalue weighted by molar-refractivity contribution is 5.72. The van der Waals surface area contributed by atoms with Crippen molar-refractivity contribution >= 4 is 5.97 Å². The number of ether oxygens (including phenoxy) is 2. The summed E-state index contributed by atoms with van der Waals surface area (Å²) in [6.07, 6.45) is 3.74. The van der Waals surface area contributed by atoms with Crippen LogP contribution in [0.5, 0.6) is 0 Å². The predicted molar refractivity (Wildman–Crippen MR) is 63.4 cm³/mol. The van der Waals surface area contributed by atoms with Crippen LogP contribution in [0.1, 0.15) is 40.0 Å². The van der Waals surface area contributed by atoms with E-state index in [-0.39, 0.29) is 17.5 Å². The van der Waals surface area contributed by atoms with Crippen molar-refractivity contribution in [1.82, 2.24) is 0 Å². The number of carbonyl (C=O) groups is 1. The quantitative estimate of drug-likeness (QED) is 0.560. The molecule has 0 aromatic rings. The van der Waals surface area contributed by atoms with Crippen molar-refractivity contribution < 1.29 is 14.3 Å². The van der Waals surface area contributed by atoms with Gasteiger partial charge in [0.05, 0.1) is 24.7 Å². The van der Waals surface area contributed by atoms with Gasteiger partial charge in [-0.3, -0.25) is 4.79 Å². The molecule has 0 unspecified atom stereocenters. The zero-order chi connectivity index (χ0) is 12.4. The normalized spacial score (nSPS) is 46.5. The molecule has 0 radical (unpaired) electrons. The summed E-state index contributed by atoms with van der Waals surface area (Å²) in [5, 5.41) is 0. The Morgan fingerprint density at radius 3 is 2.76 bits per heavy atom. The fourth-order valence-electron chi connectivity index (χ4n) is 4.37. The van der Waals surface area contributed by atoms with Gasteiger partial charge in [0, 0.05) is 0 Å². The van der Waals surface area contributed by atoms with E-state index in [4.69, 9.17) is 9.47 Å². The molecule has 0 N–H and O–H groups in total. The second-order valence-electron chi connectivity index (χ2n) is 6.73. The maximum Gasteiger partial charge on any atom is 0.308 e. The summed E-state index contributed by atoms with van der Waals surface area (Å²) in [7, 11) is 1.46. The van der Waals surface area contributed by atoms with Gasteiger partial charge >= 0.3 is 5.97 Å². The third kappa shape index (κ3) is 1.35. The first-order valence-electron chi connectivity index (χ1n) is 6.67. The molecule has 2 bridgehead atoms. The molecule has 0 aromatic carbocycles. The minimum absolute atomic E-state index is 0.00581. The van der Waals surface area contributed by atoms with Gasteiger partial charge in [-0.2, -0.15) is 0 Å². The molecule has 0 spiro atoms. The van der Waals surface area contributed by atoms with Crippen LogP contribution in [0.2, 0.25) is 0 Å². The Kier molecular flexibility index (Phi) is 2.20. The molecule has 4 aliphatic rings. The average Bonchev–Trinajstić information content (AvgIpc) is 3.00. The molecule has 3 aliphatic carbocycles. The number of carbonyl (C=O) groups excluding carboxylic acids is 1. The molecule has 17 heavy (non-hydrogen) atoms. The van der Waals surface area contributed by atoms with E-state index in [1.54, 1.807) is 0 Å². The second-order valence-corrected chi connectivity index (χ2v) is 6.73. The van der Waals surface area contributed by atoms with Gasteiger partial charge in [-0.05, 0) is 36.5 Å². The van der Waals surface area contributed by atoms with Gasteiger partial charge in [0.2, 0.25) is 0 Å². The first-order valence-corrected chi connectivity index (χ1v) is 6.67. The first-order chi connectivity index (χ1) is 7.91. The highest BCUT2D eigenvalue weighted by atomic mass is 16.6. The van der Waals surface area contributed by atoms with Gasteiger partial charge in [0.1, 0.15) is 0 Å². The monoisotopic (exact) mass is 238 g/mol. The van der Waals surface area contributed by atoms with Gasteiger partial charge in [-0.1, -0.05) is 20.8 Å². The molecule has 4 rings (SSSR count). The zero-order valence-electron chi connectivity index (χ0n) is 11.2. The average molecular weight is 238 g/mol. The lowest BCUT2D eigenvalue weighted by Crippen LogP contribution is -2.57. The maximum absolute atomic E-state index is 11.5. The van der Waals surface area contributed by atoms with Crippen LogP contribution in [0.4, 0.5) is 0 Å². The molecule has 1 heterocycles. The number of hydrogen-bond acceptors (Lipinski definition) is 3. The Morgan fingerprint density at radius 1 is 1.47 bits per heavy atom. The van der Waals surface area contributed by atoms with Crippen molar-refractivity contribution in [2.45, 2.75) is 51.7 Å². The van der Waals surface area contributed by atoms with Gasteiger partial charge in [0.15, 0.2) is 0 Å². The molecule has 4 fully saturated rings. The van der Waals surface area contributed by atoms with Crippen LogP contribution in [-0.4, -0.2) is 24.8 Å². The van der Waals surface area contributed by atoms with E-state index in [2.05, 4.69) is 13.8 Å². The Bertz CT molecular complexity index is 362. The number of epoxide rings is 1. The largest absolute Gasteiger partial charge is 0.469 e. The molecular formula is C14H22O3. The van der Waals surface area contributed by atoms with Gasteiger partial charge in [0.25, 0.3) is 0 Å². The first kappa shape index (κ1) is 11.5.